The third-order valence-corrected chi connectivity index (χ3v) is 4.55. The van der Waals surface area contributed by atoms with E-state index in [0.29, 0.717) is 0 Å². The van der Waals surface area contributed by atoms with Gasteiger partial charge in [-0.25, -0.2) is 9.88 Å². The van der Waals surface area contributed by atoms with Gasteiger partial charge in [0.05, 0.1) is 6.54 Å². The Morgan fingerprint density at radius 2 is 1.71 bits per heavy atom. The van der Waals surface area contributed by atoms with Crippen molar-refractivity contribution in [3.05, 3.63) is 60.0 Å². The number of carbonyl (C=O) groups is 1. The van der Waals surface area contributed by atoms with Crippen LogP contribution in [0.25, 0.3) is 11.3 Å². The standard InChI is InChI=1S/C19H19N3OS/c1-3-22-18(15-7-5-4-6-8-15)13-24-19(22)21-17-11-9-16(10-12-17)20-14(2)23/h4-13H,3H2,1-2H3,(H,20,23)/p+1. The predicted octanol–water partition coefficient (Wildman–Crippen LogP) is 4.42. The van der Waals surface area contributed by atoms with Crippen molar-refractivity contribution < 1.29 is 9.36 Å². The molecular formula is C19H20N3OS+. The second-order valence-corrected chi connectivity index (χ2v) is 6.28. The molecule has 2 N–H and O–H groups in total. The van der Waals surface area contributed by atoms with Crippen LogP contribution in [0.1, 0.15) is 13.8 Å². The Labute approximate surface area is 145 Å². The van der Waals surface area contributed by atoms with Gasteiger partial charge in [0.25, 0.3) is 0 Å². The Morgan fingerprint density at radius 3 is 2.33 bits per heavy atom. The van der Waals surface area contributed by atoms with Crippen molar-refractivity contribution in [2.45, 2.75) is 20.4 Å². The van der Waals surface area contributed by atoms with Gasteiger partial charge in [-0.3, -0.25) is 4.79 Å². The number of anilines is 3. The molecule has 0 bridgehead atoms. The number of rotatable bonds is 5. The Hall–Kier alpha value is -2.66. The minimum Gasteiger partial charge on any atom is -0.326 e. The van der Waals surface area contributed by atoms with E-state index in [1.807, 2.05) is 30.3 Å². The first-order chi connectivity index (χ1) is 11.7. The summed E-state index contributed by atoms with van der Waals surface area (Å²) < 4.78 is 2.27. The maximum atomic E-state index is 11.1. The second-order valence-electron chi connectivity index (χ2n) is 5.42. The SMILES string of the molecule is CC[n+]1c(-c2ccccc2)csc1Nc1ccc(NC(C)=O)cc1. The van der Waals surface area contributed by atoms with Crippen molar-refractivity contribution in [1.82, 2.24) is 0 Å². The third kappa shape index (κ3) is 3.63. The van der Waals surface area contributed by atoms with Crippen molar-refractivity contribution in [2.75, 3.05) is 10.6 Å². The molecule has 0 fully saturated rings. The number of nitrogens with one attached hydrogen (secondary N) is 2. The van der Waals surface area contributed by atoms with E-state index in [1.54, 1.807) is 11.3 Å². The van der Waals surface area contributed by atoms with Gasteiger partial charge < -0.3 is 5.32 Å². The maximum Gasteiger partial charge on any atom is 0.339 e. The van der Waals surface area contributed by atoms with Crippen LogP contribution in [0.4, 0.5) is 16.5 Å². The molecule has 0 radical (unpaired) electrons. The summed E-state index contributed by atoms with van der Waals surface area (Å²) in [5, 5.41) is 9.50. The number of amides is 1. The molecule has 0 saturated carbocycles. The number of thiazole rings is 1. The molecule has 1 amide bonds. The molecule has 5 heteroatoms. The molecule has 1 aromatic heterocycles. The summed E-state index contributed by atoms with van der Waals surface area (Å²) in [4.78, 5) is 11.1. The first-order valence-electron chi connectivity index (χ1n) is 7.89. The Morgan fingerprint density at radius 1 is 1.04 bits per heavy atom. The monoisotopic (exact) mass is 338 g/mol. The molecule has 122 valence electrons. The van der Waals surface area contributed by atoms with E-state index in [-0.39, 0.29) is 5.91 Å². The quantitative estimate of drug-likeness (QED) is 0.676. The predicted molar refractivity (Wildman–Crippen MR) is 99.7 cm³/mol. The summed E-state index contributed by atoms with van der Waals surface area (Å²) in [5.41, 5.74) is 4.21. The highest BCUT2D eigenvalue weighted by molar-refractivity contribution is 7.13. The van der Waals surface area contributed by atoms with Crippen LogP contribution in [0.3, 0.4) is 0 Å². The summed E-state index contributed by atoms with van der Waals surface area (Å²) in [6.45, 7) is 4.54. The van der Waals surface area contributed by atoms with Gasteiger partial charge in [-0.15, -0.1) is 0 Å². The minimum atomic E-state index is -0.0645. The van der Waals surface area contributed by atoms with Crippen LogP contribution in [-0.4, -0.2) is 5.91 Å². The summed E-state index contributed by atoms with van der Waals surface area (Å²) in [6, 6.07) is 18.1. The molecule has 0 aliphatic rings. The Bertz CT molecular complexity index is 826. The lowest BCUT2D eigenvalue weighted by Gasteiger charge is -2.05. The van der Waals surface area contributed by atoms with Crippen LogP contribution >= 0.6 is 11.3 Å². The number of benzene rings is 2. The van der Waals surface area contributed by atoms with E-state index in [9.17, 15) is 4.79 Å². The molecule has 3 aromatic rings. The molecule has 2 aromatic carbocycles. The molecule has 0 spiro atoms. The zero-order valence-corrected chi connectivity index (χ0v) is 14.6. The highest BCUT2D eigenvalue weighted by Crippen LogP contribution is 2.26. The smallest absolute Gasteiger partial charge is 0.326 e. The molecule has 1 heterocycles. The van der Waals surface area contributed by atoms with Crippen LogP contribution in [0.5, 0.6) is 0 Å². The molecule has 0 unspecified atom stereocenters. The van der Waals surface area contributed by atoms with Gasteiger partial charge in [-0.05, 0) is 31.2 Å². The van der Waals surface area contributed by atoms with Gasteiger partial charge in [0.1, 0.15) is 11.4 Å². The fourth-order valence-electron chi connectivity index (χ4n) is 2.56. The van der Waals surface area contributed by atoms with Gasteiger partial charge in [0, 0.05) is 23.6 Å². The summed E-state index contributed by atoms with van der Waals surface area (Å²) in [7, 11) is 0. The topological polar surface area (TPSA) is 45.0 Å². The first-order valence-corrected chi connectivity index (χ1v) is 8.76. The van der Waals surface area contributed by atoms with E-state index in [4.69, 9.17) is 0 Å². The van der Waals surface area contributed by atoms with Gasteiger partial charge in [-0.2, -0.15) is 0 Å². The number of hydrogen-bond donors (Lipinski definition) is 2. The van der Waals surface area contributed by atoms with Crippen LogP contribution in [-0.2, 0) is 11.3 Å². The summed E-state index contributed by atoms with van der Waals surface area (Å²) in [6.07, 6.45) is 0. The molecule has 24 heavy (non-hydrogen) atoms. The van der Waals surface area contributed by atoms with Crippen molar-refractivity contribution in [2.24, 2.45) is 0 Å². The lowest BCUT2D eigenvalue weighted by molar-refractivity contribution is -0.664. The van der Waals surface area contributed by atoms with E-state index >= 15 is 0 Å². The normalized spacial score (nSPS) is 10.4. The highest BCUT2D eigenvalue weighted by atomic mass is 32.1. The average molecular weight is 338 g/mol. The lowest BCUT2D eigenvalue weighted by atomic mass is 10.2. The number of aromatic nitrogens is 1. The van der Waals surface area contributed by atoms with E-state index in [1.165, 1.54) is 18.2 Å². The number of carbonyl (C=O) groups excluding carboxylic acids is 1. The molecule has 3 rings (SSSR count). The van der Waals surface area contributed by atoms with Crippen LogP contribution in [0, 0.1) is 0 Å². The highest BCUT2D eigenvalue weighted by Gasteiger charge is 2.18. The van der Waals surface area contributed by atoms with Crippen molar-refractivity contribution >= 4 is 33.8 Å². The molecule has 0 saturated heterocycles. The van der Waals surface area contributed by atoms with Crippen LogP contribution < -0.4 is 15.2 Å². The maximum absolute atomic E-state index is 11.1. The third-order valence-electron chi connectivity index (χ3n) is 3.66. The number of nitrogens with zero attached hydrogens (tertiary/aromatic N) is 1. The summed E-state index contributed by atoms with van der Waals surface area (Å²) >= 11 is 1.69. The zero-order chi connectivity index (χ0) is 16.9. The minimum absolute atomic E-state index is 0.0645. The molecular weight excluding hydrogens is 318 g/mol. The van der Waals surface area contributed by atoms with E-state index in [0.717, 1.165) is 23.1 Å². The second kappa shape index (κ2) is 7.27. The fraction of sp³-hybridized carbons (Fsp3) is 0.158. The van der Waals surface area contributed by atoms with Gasteiger partial charge in [0.2, 0.25) is 5.91 Å². The van der Waals surface area contributed by atoms with Crippen LogP contribution in [0.2, 0.25) is 0 Å². The zero-order valence-electron chi connectivity index (χ0n) is 13.7. The Kier molecular flexibility index (Phi) is 4.91. The van der Waals surface area contributed by atoms with Crippen LogP contribution in [0.15, 0.2) is 60.0 Å². The fourth-order valence-corrected chi connectivity index (χ4v) is 3.57. The molecule has 0 atom stereocenters. The van der Waals surface area contributed by atoms with Gasteiger partial charge >= 0.3 is 5.13 Å². The number of hydrogen-bond acceptors (Lipinski definition) is 3. The average Bonchev–Trinajstić information content (AvgIpc) is 2.99. The van der Waals surface area contributed by atoms with E-state index < -0.39 is 0 Å². The first kappa shape index (κ1) is 16.2. The molecule has 4 nitrogen and oxygen atoms in total. The van der Waals surface area contributed by atoms with Gasteiger partial charge in [-0.1, -0.05) is 41.7 Å². The largest absolute Gasteiger partial charge is 0.339 e. The van der Waals surface area contributed by atoms with Crippen molar-refractivity contribution in [3.63, 3.8) is 0 Å². The van der Waals surface area contributed by atoms with Crippen molar-refractivity contribution in [1.29, 1.82) is 0 Å². The Balaban J connectivity index is 1.83. The van der Waals surface area contributed by atoms with Gasteiger partial charge in [0.15, 0.2) is 0 Å². The molecule has 0 aliphatic heterocycles. The van der Waals surface area contributed by atoms with Crippen molar-refractivity contribution in [3.8, 4) is 11.3 Å². The summed E-state index contributed by atoms with van der Waals surface area (Å²) in [5.74, 6) is -0.0645. The van der Waals surface area contributed by atoms with E-state index in [2.05, 4.69) is 51.8 Å². The molecule has 0 aliphatic carbocycles. The lowest BCUT2D eigenvalue weighted by Crippen LogP contribution is -2.34.